The SMILES string of the molecule is O=S(=O)(Nc1ccc(-c2ncc[nH]2)cc1)c1ccc(Cl)cc1. The van der Waals surface area contributed by atoms with Crippen LogP contribution in [-0.2, 0) is 10.0 Å². The molecule has 0 saturated heterocycles. The number of imidazole rings is 1. The van der Waals surface area contributed by atoms with Crippen LogP contribution in [-0.4, -0.2) is 18.4 Å². The molecule has 7 heteroatoms. The molecule has 2 N–H and O–H groups in total. The van der Waals surface area contributed by atoms with E-state index >= 15 is 0 Å². The molecule has 0 fully saturated rings. The van der Waals surface area contributed by atoms with Crippen LogP contribution < -0.4 is 4.72 Å². The van der Waals surface area contributed by atoms with Crippen molar-refractivity contribution < 1.29 is 8.42 Å². The lowest BCUT2D eigenvalue weighted by molar-refractivity contribution is 0.601. The lowest BCUT2D eigenvalue weighted by Gasteiger charge is -2.08. The predicted molar refractivity (Wildman–Crippen MR) is 86.3 cm³/mol. The number of sulfonamides is 1. The molecule has 0 bridgehead atoms. The summed E-state index contributed by atoms with van der Waals surface area (Å²) in [5, 5.41) is 0.488. The fraction of sp³-hybridized carbons (Fsp3) is 0. The van der Waals surface area contributed by atoms with Crippen molar-refractivity contribution in [1.29, 1.82) is 0 Å². The third-order valence-corrected chi connectivity index (χ3v) is 4.68. The molecule has 1 aromatic heterocycles. The van der Waals surface area contributed by atoms with Gasteiger partial charge in [0, 0.05) is 28.7 Å². The second kappa shape index (κ2) is 5.82. The normalized spacial score (nSPS) is 11.3. The second-order valence-corrected chi connectivity index (χ2v) is 6.69. The number of aromatic nitrogens is 2. The van der Waals surface area contributed by atoms with Gasteiger partial charge in [0.25, 0.3) is 10.0 Å². The van der Waals surface area contributed by atoms with Crippen molar-refractivity contribution in [3.05, 3.63) is 65.9 Å². The maximum absolute atomic E-state index is 12.3. The zero-order chi connectivity index (χ0) is 15.6. The molecule has 0 radical (unpaired) electrons. The smallest absolute Gasteiger partial charge is 0.261 e. The number of benzene rings is 2. The van der Waals surface area contributed by atoms with E-state index in [0.29, 0.717) is 10.7 Å². The van der Waals surface area contributed by atoms with E-state index in [2.05, 4.69) is 14.7 Å². The second-order valence-electron chi connectivity index (χ2n) is 4.57. The zero-order valence-electron chi connectivity index (χ0n) is 11.3. The maximum atomic E-state index is 12.3. The van der Waals surface area contributed by atoms with Gasteiger partial charge in [-0.3, -0.25) is 4.72 Å². The molecular weight excluding hydrogens is 322 g/mol. The fourth-order valence-electron chi connectivity index (χ4n) is 1.95. The molecule has 22 heavy (non-hydrogen) atoms. The van der Waals surface area contributed by atoms with Crippen molar-refractivity contribution in [3.63, 3.8) is 0 Å². The third kappa shape index (κ3) is 3.13. The van der Waals surface area contributed by atoms with Crippen LogP contribution in [0.15, 0.2) is 65.8 Å². The highest BCUT2D eigenvalue weighted by Crippen LogP contribution is 2.21. The van der Waals surface area contributed by atoms with Crippen molar-refractivity contribution in [2.75, 3.05) is 4.72 Å². The van der Waals surface area contributed by atoms with Crippen molar-refractivity contribution in [2.45, 2.75) is 4.90 Å². The van der Waals surface area contributed by atoms with Crippen LogP contribution in [0.2, 0.25) is 5.02 Å². The molecule has 5 nitrogen and oxygen atoms in total. The Morgan fingerprint density at radius 3 is 2.27 bits per heavy atom. The van der Waals surface area contributed by atoms with Gasteiger partial charge in [-0.25, -0.2) is 13.4 Å². The van der Waals surface area contributed by atoms with Gasteiger partial charge in [0.2, 0.25) is 0 Å². The van der Waals surface area contributed by atoms with E-state index in [1.54, 1.807) is 36.7 Å². The Morgan fingerprint density at radius 2 is 1.68 bits per heavy atom. The van der Waals surface area contributed by atoms with Crippen molar-refractivity contribution >= 4 is 27.3 Å². The molecule has 0 amide bonds. The first-order chi connectivity index (χ1) is 10.5. The molecule has 3 aromatic rings. The highest BCUT2D eigenvalue weighted by atomic mass is 35.5. The Balaban J connectivity index is 1.82. The predicted octanol–water partition coefficient (Wildman–Crippen LogP) is 3.53. The van der Waals surface area contributed by atoms with Crippen LogP contribution in [0, 0.1) is 0 Å². The number of aromatic amines is 1. The number of nitrogens with one attached hydrogen (secondary N) is 2. The molecule has 0 spiro atoms. The third-order valence-electron chi connectivity index (χ3n) is 3.03. The van der Waals surface area contributed by atoms with Crippen LogP contribution in [0.4, 0.5) is 5.69 Å². The largest absolute Gasteiger partial charge is 0.345 e. The lowest BCUT2D eigenvalue weighted by Crippen LogP contribution is -2.12. The molecular formula is C15H12ClN3O2S. The topological polar surface area (TPSA) is 74.8 Å². The van der Waals surface area contributed by atoms with E-state index in [1.165, 1.54) is 24.3 Å². The number of hydrogen-bond donors (Lipinski definition) is 2. The monoisotopic (exact) mass is 333 g/mol. The van der Waals surface area contributed by atoms with E-state index in [0.717, 1.165) is 11.4 Å². The number of rotatable bonds is 4. The Bertz CT molecular complexity index is 858. The highest BCUT2D eigenvalue weighted by molar-refractivity contribution is 7.92. The molecule has 2 aromatic carbocycles. The van der Waals surface area contributed by atoms with E-state index in [1.807, 2.05) is 0 Å². The van der Waals surface area contributed by atoms with Gasteiger partial charge < -0.3 is 4.98 Å². The van der Waals surface area contributed by atoms with E-state index in [9.17, 15) is 8.42 Å². The highest BCUT2D eigenvalue weighted by Gasteiger charge is 2.14. The van der Waals surface area contributed by atoms with Gasteiger partial charge in [-0.1, -0.05) is 11.6 Å². The molecule has 1 heterocycles. The molecule has 0 aliphatic heterocycles. The van der Waals surface area contributed by atoms with Crippen molar-refractivity contribution in [1.82, 2.24) is 9.97 Å². The number of H-pyrrole nitrogens is 1. The first-order valence-electron chi connectivity index (χ1n) is 6.43. The Kier molecular flexibility index (Phi) is 3.87. The first kappa shape index (κ1) is 14.6. The van der Waals surface area contributed by atoms with E-state index in [-0.39, 0.29) is 4.90 Å². The molecule has 0 aliphatic rings. The van der Waals surface area contributed by atoms with Crippen LogP contribution >= 0.6 is 11.6 Å². The average Bonchev–Trinajstić information content (AvgIpc) is 3.02. The van der Waals surface area contributed by atoms with Crippen molar-refractivity contribution in [3.8, 4) is 11.4 Å². The van der Waals surface area contributed by atoms with Gasteiger partial charge in [-0.2, -0.15) is 0 Å². The Morgan fingerprint density at radius 1 is 1.00 bits per heavy atom. The summed E-state index contributed by atoms with van der Waals surface area (Å²) >= 11 is 5.76. The Labute approximate surface area is 133 Å². The van der Waals surface area contributed by atoms with Crippen LogP contribution in [0.25, 0.3) is 11.4 Å². The number of nitrogens with zero attached hydrogens (tertiary/aromatic N) is 1. The van der Waals surface area contributed by atoms with Gasteiger partial charge in [-0.15, -0.1) is 0 Å². The molecule has 0 saturated carbocycles. The Hall–Kier alpha value is -2.31. The van der Waals surface area contributed by atoms with Gasteiger partial charge >= 0.3 is 0 Å². The molecule has 0 atom stereocenters. The average molecular weight is 334 g/mol. The number of hydrogen-bond acceptors (Lipinski definition) is 3. The van der Waals surface area contributed by atoms with E-state index in [4.69, 9.17) is 11.6 Å². The molecule has 112 valence electrons. The summed E-state index contributed by atoms with van der Waals surface area (Å²) in [4.78, 5) is 7.29. The minimum Gasteiger partial charge on any atom is -0.345 e. The lowest BCUT2D eigenvalue weighted by atomic mass is 10.2. The summed E-state index contributed by atoms with van der Waals surface area (Å²) < 4.78 is 27.0. The van der Waals surface area contributed by atoms with E-state index < -0.39 is 10.0 Å². The van der Waals surface area contributed by atoms with Gasteiger partial charge in [-0.05, 0) is 48.5 Å². The van der Waals surface area contributed by atoms with Crippen LogP contribution in [0.5, 0.6) is 0 Å². The van der Waals surface area contributed by atoms with Gasteiger partial charge in [0.05, 0.1) is 4.90 Å². The van der Waals surface area contributed by atoms with Gasteiger partial charge in [0.15, 0.2) is 0 Å². The molecule has 0 aliphatic carbocycles. The van der Waals surface area contributed by atoms with Gasteiger partial charge in [0.1, 0.15) is 5.82 Å². The number of anilines is 1. The maximum Gasteiger partial charge on any atom is 0.261 e. The van der Waals surface area contributed by atoms with Crippen LogP contribution in [0.3, 0.4) is 0 Å². The summed E-state index contributed by atoms with van der Waals surface area (Å²) in [6.07, 6.45) is 3.39. The standard InChI is InChI=1S/C15H12ClN3O2S/c16-12-3-7-14(8-4-12)22(20,21)19-13-5-1-11(2-6-13)15-17-9-10-18-15/h1-10,19H,(H,17,18). The summed E-state index contributed by atoms with van der Waals surface area (Å²) in [6, 6.07) is 12.9. The fourth-order valence-corrected chi connectivity index (χ4v) is 3.13. The van der Waals surface area contributed by atoms with Crippen molar-refractivity contribution in [2.24, 2.45) is 0 Å². The minimum absolute atomic E-state index is 0.159. The summed E-state index contributed by atoms with van der Waals surface area (Å²) in [6.45, 7) is 0. The first-order valence-corrected chi connectivity index (χ1v) is 8.29. The molecule has 3 rings (SSSR count). The summed E-state index contributed by atoms with van der Waals surface area (Å²) in [7, 11) is -3.63. The quantitative estimate of drug-likeness (QED) is 0.767. The van der Waals surface area contributed by atoms with Crippen LogP contribution in [0.1, 0.15) is 0 Å². The summed E-state index contributed by atoms with van der Waals surface area (Å²) in [5.41, 5.74) is 1.35. The summed E-state index contributed by atoms with van der Waals surface area (Å²) in [5.74, 6) is 0.729. The molecule has 0 unspecified atom stereocenters. The minimum atomic E-state index is -3.63. The number of halogens is 1. The zero-order valence-corrected chi connectivity index (χ0v) is 12.9.